The number of aromatic nitrogens is 4. The molecule has 12 nitrogen and oxygen atoms in total. The molecule has 4 amide bonds. The molecule has 2 aromatic carbocycles. The van der Waals surface area contributed by atoms with E-state index < -0.39 is 23.5 Å². The molecule has 0 spiro atoms. The summed E-state index contributed by atoms with van der Waals surface area (Å²) in [5, 5.41) is 7.08. The predicted octanol–water partition coefficient (Wildman–Crippen LogP) is 6.33. The van der Waals surface area contributed by atoms with Crippen LogP contribution in [0.25, 0.3) is 27.6 Å². The van der Waals surface area contributed by atoms with Crippen LogP contribution in [0.5, 0.6) is 0 Å². The summed E-state index contributed by atoms with van der Waals surface area (Å²) in [6, 6.07) is 13.6. The number of nitrogens with zero attached hydrogens (tertiary/aromatic N) is 6. The highest BCUT2D eigenvalue weighted by atomic mass is 19.1. The maximum absolute atomic E-state index is 16.6. The number of carbonyl (C=O) groups is 4. The number of aromatic amines is 1. The Morgan fingerprint density at radius 1 is 0.983 bits per heavy atom. The molecule has 3 aliphatic heterocycles. The van der Waals surface area contributed by atoms with Crippen molar-refractivity contribution in [1.29, 1.82) is 0 Å². The van der Waals surface area contributed by atoms with Gasteiger partial charge in [-0.3, -0.25) is 34.2 Å². The van der Waals surface area contributed by atoms with Crippen molar-refractivity contribution in [3.05, 3.63) is 107 Å². The first-order valence-electron chi connectivity index (χ1n) is 19.8. The molecule has 0 aliphatic carbocycles. The maximum Gasteiger partial charge on any atom is 0.269 e. The molecule has 1 atom stereocenters. The molecule has 8 rings (SSSR count). The summed E-state index contributed by atoms with van der Waals surface area (Å²) >= 11 is 0. The number of anilines is 1. The normalized spacial score (nSPS) is 17.7. The number of hydrogen-bond donors (Lipinski definition) is 2. The Hall–Kier alpha value is -6.18. The quantitative estimate of drug-likeness (QED) is 0.167. The van der Waals surface area contributed by atoms with E-state index in [0.29, 0.717) is 60.4 Å². The molecule has 2 fully saturated rings. The van der Waals surface area contributed by atoms with E-state index in [2.05, 4.69) is 37.4 Å². The summed E-state index contributed by atoms with van der Waals surface area (Å²) in [5.74, 6) is -2.65. The fraction of sp³-hybridized carbons (Fsp3) is 0.364. The largest absolute Gasteiger partial charge is 0.370 e. The van der Waals surface area contributed by atoms with Crippen molar-refractivity contribution in [2.45, 2.75) is 63.8 Å². The summed E-state index contributed by atoms with van der Waals surface area (Å²) in [6.45, 7) is 4.38. The van der Waals surface area contributed by atoms with Gasteiger partial charge in [0.15, 0.2) is 5.82 Å². The second kappa shape index (κ2) is 16.0. The number of fused-ring (bicyclic) bond motifs is 1. The number of amides is 4. The zero-order valence-corrected chi connectivity index (χ0v) is 32.9. The van der Waals surface area contributed by atoms with Gasteiger partial charge in [0, 0.05) is 88.6 Å². The summed E-state index contributed by atoms with van der Waals surface area (Å²) < 4.78 is 33.9. The van der Waals surface area contributed by atoms with Crippen molar-refractivity contribution in [2.24, 2.45) is 0 Å². The zero-order chi connectivity index (χ0) is 40.7. The highest BCUT2D eigenvalue weighted by Gasteiger charge is 2.33. The molecule has 2 N–H and O–H groups in total. The first-order chi connectivity index (χ1) is 28.0. The second-order valence-electron chi connectivity index (χ2n) is 15.7. The summed E-state index contributed by atoms with van der Waals surface area (Å²) in [7, 11) is 3.31. The average Bonchev–Trinajstić information content (AvgIpc) is 3.93. The van der Waals surface area contributed by atoms with Gasteiger partial charge >= 0.3 is 0 Å². The third kappa shape index (κ3) is 7.50. The molecule has 6 heterocycles. The maximum atomic E-state index is 16.6. The van der Waals surface area contributed by atoms with E-state index in [-0.39, 0.29) is 66.4 Å². The van der Waals surface area contributed by atoms with E-state index in [1.54, 1.807) is 49.1 Å². The molecule has 14 heteroatoms. The number of rotatable bonds is 9. The van der Waals surface area contributed by atoms with Crippen LogP contribution >= 0.6 is 0 Å². The standard InChI is InChI=1S/C44H46F2N8O4/c1-26-36(24-47-41(39(26)45)31-11-12-37(55)50-43(31)57)52-19-13-28(14-20-52)27-7-9-29(10-8-27)32-22-33(40(46)42-34(32)23-35(49-42)44(58)51(2)3)30-6-4-17-53(25-30)38(56)15-21-54-18-5-16-48-54/h5-10,16,18,22-24,28,31,49H,4,11-15,17,19-21,25H2,1-3H3,(H,50,55,57). The fourth-order valence-electron chi connectivity index (χ4n) is 8.54. The van der Waals surface area contributed by atoms with Gasteiger partial charge in [0.1, 0.15) is 11.5 Å². The van der Waals surface area contributed by atoms with Crippen LogP contribution in [0.15, 0.2) is 67.1 Å². The van der Waals surface area contributed by atoms with Crippen molar-refractivity contribution < 1.29 is 28.0 Å². The Labute approximate surface area is 334 Å². The number of halogens is 2. The minimum absolute atomic E-state index is 0.0235. The molecule has 0 bridgehead atoms. The number of nitrogens with one attached hydrogen (secondary N) is 2. The van der Waals surface area contributed by atoms with E-state index >= 15 is 8.78 Å². The van der Waals surface area contributed by atoms with Gasteiger partial charge in [-0.15, -0.1) is 0 Å². The number of aryl methyl sites for hydroxylation is 1. The van der Waals surface area contributed by atoms with Crippen molar-refractivity contribution in [2.75, 3.05) is 45.2 Å². The smallest absolute Gasteiger partial charge is 0.269 e. The average molecular weight is 789 g/mol. The van der Waals surface area contributed by atoms with Gasteiger partial charge in [-0.25, -0.2) is 8.78 Å². The highest BCUT2D eigenvalue weighted by molar-refractivity contribution is 6.04. The first kappa shape index (κ1) is 38.7. The first-order valence-corrected chi connectivity index (χ1v) is 19.8. The van der Waals surface area contributed by atoms with Crippen LogP contribution in [-0.2, 0) is 20.9 Å². The van der Waals surface area contributed by atoms with E-state index in [1.807, 2.05) is 36.5 Å². The lowest BCUT2D eigenvalue weighted by atomic mass is 9.87. The second-order valence-corrected chi connectivity index (χ2v) is 15.7. The van der Waals surface area contributed by atoms with E-state index in [9.17, 15) is 19.2 Å². The SMILES string of the molecule is Cc1c(N2CCC(c3ccc(-c4cc(C5=CCCN(C(=O)CCn6cccn6)C5)c(F)c5[nH]c(C(=O)N(C)C)cc45)cc3)CC2)cnc(C2CCC(=O)NC2=O)c1F. The summed E-state index contributed by atoms with van der Waals surface area (Å²) in [5.41, 5.74) is 5.65. The molecule has 3 aliphatic rings. The molecular formula is C44H46F2N8O4. The van der Waals surface area contributed by atoms with Crippen LogP contribution in [0.4, 0.5) is 14.5 Å². The molecule has 0 radical (unpaired) electrons. The number of H-pyrrole nitrogens is 1. The van der Waals surface area contributed by atoms with Crippen LogP contribution in [0.1, 0.15) is 83.2 Å². The Bertz CT molecular complexity index is 2430. The molecule has 58 heavy (non-hydrogen) atoms. The van der Waals surface area contributed by atoms with Crippen LogP contribution in [0.3, 0.4) is 0 Å². The number of piperidine rings is 2. The van der Waals surface area contributed by atoms with Gasteiger partial charge in [0.2, 0.25) is 17.7 Å². The lowest BCUT2D eigenvalue weighted by molar-refractivity contribution is -0.134. The molecule has 0 saturated carbocycles. The highest BCUT2D eigenvalue weighted by Crippen LogP contribution is 2.39. The van der Waals surface area contributed by atoms with Gasteiger partial charge in [-0.05, 0) is 79.0 Å². The zero-order valence-electron chi connectivity index (χ0n) is 32.9. The van der Waals surface area contributed by atoms with E-state index in [0.717, 1.165) is 29.5 Å². The van der Waals surface area contributed by atoms with Gasteiger partial charge in [0.25, 0.3) is 5.91 Å². The van der Waals surface area contributed by atoms with Crippen LogP contribution < -0.4 is 10.2 Å². The molecule has 2 saturated heterocycles. The van der Waals surface area contributed by atoms with Crippen molar-refractivity contribution in [3.8, 4) is 11.1 Å². The predicted molar refractivity (Wildman–Crippen MR) is 216 cm³/mol. The number of carbonyl (C=O) groups excluding carboxylic acids is 4. The third-order valence-corrected chi connectivity index (χ3v) is 11.8. The van der Waals surface area contributed by atoms with E-state index in [1.165, 1.54) is 4.90 Å². The van der Waals surface area contributed by atoms with Gasteiger partial charge in [-0.2, -0.15) is 5.10 Å². The summed E-state index contributed by atoms with van der Waals surface area (Å²) in [4.78, 5) is 63.1. The number of benzene rings is 2. The van der Waals surface area contributed by atoms with Crippen molar-refractivity contribution in [1.82, 2.24) is 34.9 Å². The van der Waals surface area contributed by atoms with Crippen LogP contribution in [0, 0.1) is 18.6 Å². The lowest BCUT2D eigenvalue weighted by Crippen LogP contribution is -2.40. The van der Waals surface area contributed by atoms with Gasteiger partial charge < -0.3 is 19.7 Å². The monoisotopic (exact) mass is 788 g/mol. The Balaban J connectivity index is 1.01. The van der Waals surface area contributed by atoms with Crippen molar-refractivity contribution >= 4 is 45.8 Å². The van der Waals surface area contributed by atoms with Crippen molar-refractivity contribution in [3.63, 3.8) is 0 Å². The molecule has 3 aromatic heterocycles. The minimum atomic E-state index is -0.786. The molecule has 5 aromatic rings. The topological polar surface area (TPSA) is 137 Å². The Morgan fingerprint density at radius 3 is 2.47 bits per heavy atom. The lowest BCUT2D eigenvalue weighted by Gasteiger charge is -2.35. The summed E-state index contributed by atoms with van der Waals surface area (Å²) in [6.07, 6.45) is 10.1. The Morgan fingerprint density at radius 2 is 1.76 bits per heavy atom. The van der Waals surface area contributed by atoms with E-state index in [4.69, 9.17) is 0 Å². The number of imide groups is 1. The minimum Gasteiger partial charge on any atom is -0.370 e. The Kier molecular flexibility index (Phi) is 10.7. The van der Waals surface area contributed by atoms with Gasteiger partial charge in [-0.1, -0.05) is 30.3 Å². The molecular weight excluding hydrogens is 743 g/mol. The number of pyridine rings is 1. The molecule has 1 unspecified atom stereocenters. The van der Waals surface area contributed by atoms with Gasteiger partial charge in [0.05, 0.1) is 29.0 Å². The molecule has 300 valence electrons. The van der Waals surface area contributed by atoms with Crippen LogP contribution in [-0.4, -0.2) is 93.5 Å². The van der Waals surface area contributed by atoms with Crippen LogP contribution in [0.2, 0.25) is 0 Å². The number of hydrogen-bond acceptors (Lipinski definition) is 7. The third-order valence-electron chi connectivity index (χ3n) is 11.8. The fourth-order valence-corrected chi connectivity index (χ4v) is 8.54.